The monoisotopic (exact) mass is 306 g/mol. The molecule has 1 saturated carbocycles. The molecule has 0 aromatic heterocycles. The summed E-state index contributed by atoms with van der Waals surface area (Å²) < 4.78 is 5.24. The van der Waals surface area contributed by atoms with E-state index in [1.165, 1.54) is 0 Å². The highest BCUT2D eigenvalue weighted by Gasteiger charge is 2.24. The number of nitrogens with zero attached hydrogens (tertiary/aromatic N) is 1. The maximum atomic E-state index is 12.2. The molecular weight excluding hydrogens is 280 g/mol. The third-order valence-electron chi connectivity index (χ3n) is 4.47. The number of nitrogens with one attached hydrogen (secondary N) is 1. The number of hydrogen-bond donors (Lipinski definition) is 2. The van der Waals surface area contributed by atoms with Crippen molar-refractivity contribution in [2.75, 3.05) is 32.6 Å². The minimum absolute atomic E-state index is 0.0312. The zero-order chi connectivity index (χ0) is 15.9. The van der Waals surface area contributed by atoms with Gasteiger partial charge in [0.15, 0.2) is 0 Å². The van der Waals surface area contributed by atoms with Crippen molar-refractivity contribution in [3.8, 4) is 5.75 Å². The van der Waals surface area contributed by atoms with Crippen molar-refractivity contribution in [1.29, 1.82) is 0 Å². The molecule has 1 aliphatic carbocycles. The van der Waals surface area contributed by atoms with E-state index in [0.717, 1.165) is 25.7 Å². The van der Waals surface area contributed by atoms with Crippen molar-refractivity contribution in [1.82, 2.24) is 4.90 Å². The molecule has 0 unspecified atom stereocenters. The first-order valence-electron chi connectivity index (χ1n) is 7.88. The molecule has 0 aliphatic heterocycles. The van der Waals surface area contributed by atoms with Gasteiger partial charge in [0.05, 0.1) is 19.3 Å². The van der Waals surface area contributed by atoms with Gasteiger partial charge in [-0.3, -0.25) is 9.69 Å². The van der Waals surface area contributed by atoms with Gasteiger partial charge in [-0.25, -0.2) is 0 Å². The van der Waals surface area contributed by atoms with E-state index in [1.54, 1.807) is 7.11 Å². The highest BCUT2D eigenvalue weighted by molar-refractivity contribution is 5.93. The van der Waals surface area contributed by atoms with Crippen molar-refractivity contribution in [3.05, 3.63) is 24.3 Å². The predicted molar refractivity (Wildman–Crippen MR) is 87.1 cm³/mol. The summed E-state index contributed by atoms with van der Waals surface area (Å²) in [6, 6.07) is 7.84. The smallest absolute Gasteiger partial charge is 0.238 e. The molecule has 1 aliphatic rings. The average molecular weight is 306 g/mol. The Morgan fingerprint density at radius 1 is 1.32 bits per heavy atom. The van der Waals surface area contributed by atoms with Crippen LogP contribution in [0.4, 0.5) is 5.69 Å². The second-order valence-corrected chi connectivity index (χ2v) is 6.02. The molecule has 2 rings (SSSR count). The summed E-state index contributed by atoms with van der Waals surface area (Å²) in [6.45, 7) is 0.650. The first-order chi connectivity index (χ1) is 10.6. The van der Waals surface area contributed by atoms with Crippen molar-refractivity contribution in [3.63, 3.8) is 0 Å². The van der Waals surface area contributed by atoms with Crippen LogP contribution in [0.1, 0.15) is 25.7 Å². The predicted octanol–water partition coefficient (Wildman–Crippen LogP) is 2.12. The summed E-state index contributed by atoms with van der Waals surface area (Å²) in [4.78, 5) is 14.3. The van der Waals surface area contributed by atoms with Crippen molar-refractivity contribution in [2.24, 2.45) is 5.92 Å². The Bertz CT molecular complexity index is 485. The number of aliphatic hydroxyl groups is 1. The molecule has 0 bridgehead atoms. The molecule has 1 aromatic rings. The molecule has 0 heterocycles. The number of carbonyl (C=O) groups is 1. The van der Waals surface area contributed by atoms with E-state index in [9.17, 15) is 9.90 Å². The molecule has 22 heavy (non-hydrogen) atoms. The highest BCUT2D eigenvalue weighted by atomic mass is 16.5. The number of anilines is 1. The molecule has 2 N–H and O–H groups in total. The van der Waals surface area contributed by atoms with Crippen molar-refractivity contribution in [2.45, 2.75) is 31.7 Å². The topological polar surface area (TPSA) is 61.8 Å². The molecule has 1 amide bonds. The van der Waals surface area contributed by atoms with Crippen molar-refractivity contribution >= 4 is 11.6 Å². The van der Waals surface area contributed by atoms with E-state index in [2.05, 4.69) is 10.2 Å². The van der Waals surface area contributed by atoms with E-state index < -0.39 is 0 Å². The van der Waals surface area contributed by atoms with Crippen LogP contribution in [0.2, 0.25) is 0 Å². The maximum absolute atomic E-state index is 12.2. The average Bonchev–Trinajstić information content (AvgIpc) is 2.55. The number of aliphatic hydroxyl groups excluding tert-OH is 1. The van der Waals surface area contributed by atoms with Gasteiger partial charge in [-0.05, 0) is 50.8 Å². The highest BCUT2D eigenvalue weighted by Crippen LogP contribution is 2.27. The quantitative estimate of drug-likeness (QED) is 0.845. The Morgan fingerprint density at radius 2 is 2.00 bits per heavy atom. The van der Waals surface area contributed by atoms with Crippen LogP contribution in [0.25, 0.3) is 0 Å². The van der Waals surface area contributed by atoms with Gasteiger partial charge >= 0.3 is 0 Å². The third kappa shape index (κ3) is 4.45. The lowest BCUT2D eigenvalue weighted by molar-refractivity contribution is -0.117. The zero-order valence-corrected chi connectivity index (χ0v) is 13.4. The fourth-order valence-electron chi connectivity index (χ4n) is 3.06. The Labute approximate surface area is 132 Å². The van der Waals surface area contributed by atoms with Gasteiger partial charge in [-0.1, -0.05) is 12.1 Å². The molecule has 0 atom stereocenters. The molecule has 1 aromatic carbocycles. The summed E-state index contributed by atoms with van der Waals surface area (Å²) in [7, 11) is 3.59. The fraction of sp³-hybridized carbons (Fsp3) is 0.588. The fourth-order valence-corrected chi connectivity index (χ4v) is 3.06. The van der Waals surface area contributed by atoms with E-state index in [1.807, 2.05) is 31.3 Å². The normalized spacial score (nSPS) is 21.6. The largest absolute Gasteiger partial charge is 0.495 e. The third-order valence-corrected chi connectivity index (χ3v) is 4.47. The molecule has 0 radical (unpaired) electrons. The molecule has 1 fully saturated rings. The van der Waals surface area contributed by atoms with Gasteiger partial charge in [-0.2, -0.15) is 0 Å². The zero-order valence-electron chi connectivity index (χ0n) is 13.4. The minimum atomic E-state index is -0.0312. The Kier molecular flexibility index (Phi) is 6.21. The maximum Gasteiger partial charge on any atom is 0.238 e. The summed E-state index contributed by atoms with van der Waals surface area (Å²) in [5.74, 6) is 1.07. The first kappa shape index (κ1) is 16.8. The standard InChI is InChI=1S/C17H26N2O3/c1-19(14-9-7-13(12-20)8-10-14)11-17(21)18-15-5-3-4-6-16(15)22-2/h3-6,13-14,20H,7-12H2,1-2H3,(H,18,21). The van der Waals surface area contributed by atoms with E-state index in [-0.39, 0.29) is 12.5 Å². The van der Waals surface area contributed by atoms with Gasteiger partial charge in [0.1, 0.15) is 5.75 Å². The molecule has 5 heteroatoms. The van der Waals surface area contributed by atoms with Gasteiger partial charge in [0.25, 0.3) is 0 Å². The van der Waals surface area contributed by atoms with Gasteiger partial charge < -0.3 is 15.2 Å². The van der Waals surface area contributed by atoms with Crippen LogP contribution in [0.15, 0.2) is 24.3 Å². The summed E-state index contributed by atoms with van der Waals surface area (Å²) >= 11 is 0. The number of carbonyl (C=O) groups excluding carboxylic acids is 1. The minimum Gasteiger partial charge on any atom is -0.495 e. The number of para-hydroxylation sites is 2. The van der Waals surface area contributed by atoms with Crippen LogP contribution in [0.3, 0.4) is 0 Å². The number of methoxy groups -OCH3 is 1. The summed E-state index contributed by atoms with van der Waals surface area (Å²) in [5, 5.41) is 12.1. The van der Waals surface area contributed by atoms with E-state index in [0.29, 0.717) is 29.9 Å². The number of hydrogen-bond acceptors (Lipinski definition) is 4. The second kappa shape index (κ2) is 8.15. The lowest BCUT2D eigenvalue weighted by Gasteiger charge is -2.33. The Hall–Kier alpha value is -1.59. The van der Waals surface area contributed by atoms with Crippen molar-refractivity contribution < 1.29 is 14.6 Å². The Morgan fingerprint density at radius 3 is 2.64 bits per heavy atom. The number of ether oxygens (including phenoxy) is 1. The van der Waals surface area contributed by atoms with Gasteiger partial charge in [0, 0.05) is 12.6 Å². The number of benzene rings is 1. The van der Waals surface area contributed by atoms with E-state index >= 15 is 0 Å². The molecule has 122 valence electrons. The lowest BCUT2D eigenvalue weighted by atomic mass is 9.86. The van der Waals surface area contributed by atoms with E-state index in [4.69, 9.17) is 4.74 Å². The summed E-state index contributed by atoms with van der Waals surface area (Å²) in [6.07, 6.45) is 4.17. The SMILES string of the molecule is COc1ccccc1NC(=O)CN(C)C1CCC(CO)CC1. The second-order valence-electron chi connectivity index (χ2n) is 6.02. The number of rotatable bonds is 6. The molecule has 5 nitrogen and oxygen atoms in total. The van der Waals surface area contributed by atoms with Crippen LogP contribution in [0.5, 0.6) is 5.75 Å². The van der Waals surface area contributed by atoms with Crippen LogP contribution in [0, 0.1) is 5.92 Å². The van der Waals surface area contributed by atoms with Crippen LogP contribution in [-0.4, -0.2) is 49.3 Å². The Balaban J connectivity index is 1.84. The van der Waals surface area contributed by atoms with Gasteiger partial charge in [0.2, 0.25) is 5.91 Å². The molecular formula is C17H26N2O3. The van der Waals surface area contributed by atoms with Gasteiger partial charge in [-0.15, -0.1) is 0 Å². The summed E-state index contributed by atoms with van der Waals surface area (Å²) in [5.41, 5.74) is 0.701. The lowest BCUT2D eigenvalue weighted by Crippen LogP contribution is -2.40. The van der Waals surface area contributed by atoms with Crippen LogP contribution >= 0.6 is 0 Å². The van der Waals surface area contributed by atoms with Crippen LogP contribution in [-0.2, 0) is 4.79 Å². The first-order valence-corrected chi connectivity index (χ1v) is 7.88. The molecule has 0 spiro atoms. The van der Waals surface area contributed by atoms with Crippen LogP contribution < -0.4 is 10.1 Å². The number of amides is 1. The number of likely N-dealkylation sites (N-methyl/N-ethyl adjacent to an activating group) is 1. The molecule has 0 saturated heterocycles.